The van der Waals surface area contributed by atoms with E-state index in [0.29, 0.717) is 19.6 Å². The lowest BCUT2D eigenvalue weighted by Crippen LogP contribution is -2.49. The van der Waals surface area contributed by atoms with Gasteiger partial charge in [-0.3, -0.25) is 4.79 Å². The second-order valence-corrected chi connectivity index (χ2v) is 21.3. The Balaban J connectivity index is 5.37. The lowest BCUT2D eigenvalue weighted by Gasteiger charge is -2.44. The van der Waals surface area contributed by atoms with Crippen LogP contribution >= 0.6 is 0 Å². The van der Waals surface area contributed by atoms with Gasteiger partial charge in [0.15, 0.2) is 16.6 Å². The molecular formula is C23H50O4Si2. The summed E-state index contributed by atoms with van der Waals surface area (Å²) in [7, 11) is -3.75. The fraction of sp³-hybridized carbons (Fsp3) is 0.957. The van der Waals surface area contributed by atoms with Gasteiger partial charge >= 0.3 is 5.97 Å². The van der Waals surface area contributed by atoms with Crippen molar-refractivity contribution in [1.82, 2.24) is 0 Å². The van der Waals surface area contributed by atoms with Crippen LogP contribution in [0.2, 0.25) is 36.3 Å². The first kappa shape index (κ1) is 28.8. The molecule has 0 fully saturated rings. The summed E-state index contributed by atoms with van der Waals surface area (Å²) in [6.45, 7) is 30.3. The number of esters is 1. The first-order chi connectivity index (χ1) is 12.9. The first-order valence-electron chi connectivity index (χ1n) is 11.3. The highest BCUT2D eigenvalue weighted by Gasteiger charge is 2.42. The van der Waals surface area contributed by atoms with Gasteiger partial charge in [0, 0.05) is 18.9 Å². The smallest absolute Gasteiger partial charge is 0.305 e. The Hall–Kier alpha value is -0.176. The largest absolute Gasteiger partial charge is 0.466 e. The topological polar surface area (TPSA) is 44.8 Å². The van der Waals surface area contributed by atoms with Crippen molar-refractivity contribution in [1.29, 1.82) is 0 Å². The van der Waals surface area contributed by atoms with Gasteiger partial charge in [0.05, 0.1) is 12.7 Å². The maximum Gasteiger partial charge on any atom is 0.305 e. The summed E-state index contributed by atoms with van der Waals surface area (Å²) in [5.74, 6) is 0.428. The Morgan fingerprint density at radius 1 is 0.862 bits per heavy atom. The molecule has 0 unspecified atom stereocenters. The molecule has 0 radical (unpaired) electrons. The molecule has 4 nitrogen and oxygen atoms in total. The average Bonchev–Trinajstić information content (AvgIpc) is 2.53. The Morgan fingerprint density at radius 2 is 1.34 bits per heavy atom. The number of hydrogen-bond acceptors (Lipinski definition) is 4. The van der Waals surface area contributed by atoms with Gasteiger partial charge in [-0.2, -0.15) is 0 Å². The summed E-state index contributed by atoms with van der Waals surface area (Å²) in [5.41, 5.74) is 0. The minimum atomic E-state index is -1.94. The van der Waals surface area contributed by atoms with Crippen LogP contribution in [0, 0.1) is 11.8 Å². The highest BCUT2D eigenvalue weighted by atomic mass is 28.4. The monoisotopic (exact) mass is 446 g/mol. The van der Waals surface area contributed by atoms with Crippen molar-refractivity contribution >= 4 is 22.6 Å². The molecule has 0 aliphatic heterocycles. The molecule has 0 rings (SSSR count). The van der Waals surface area contributed by atoms with Crippen molar-refractivity contribution in [2.24, 2.45) is 11.8 Å². The van der Waals surface area contributed by atoms with E-state index in [1.54, 1.807) is 0 Å². The van der Waals surface area contributed by atoms with Crippen molar-refractivity contribution in [3.63, 3.8) is 0 Å². The van der Waals surface area contributed by atoms with E-state index in [2.05, 4.69) is 81.6 Å². The third-order valence-corrected chi connectivity index (χ3v) is 16.0. The Labute approximate surface area is 183 Å². The van der Waals surface area contributed by atoms with Gasteiger partial charge in [0.1, 0.15) is 0 Å². The van der Waals surface area contributed by atoms with Crippen LogP contribution in [0.5, 0.6) is 0 Å². The molecule has 3 atom stereocenters. The SMILES string of the molecule is CCOC(=O)CC[C@H](C)[C@H](O[Si](C)(C)C(C)(C)C)[C@@H](C)CO[Si](C)(C)C(C)(C)C. The molecule has 0 heterocycles. The van der Waals surface area contributed by atoms with E-state index in [9.17, 15) is 4.79 Å². The summed E-state index contributed by atoms with van der Waals surface area (Å²) in [6, 6.07) is 0. The van der Waals surface area contributed by atoms with Crippen LogP contribution in [0.15, 0.2) is 0 Å². The fourth-order valence-electron chi connectivity index (χ4n) is 2.70. The van der Waals surface area contributed by atoms with Crippen LogP contribution in [0.1, 0.15) is 75.2 Å². The highest BCUT2D eigenvalue weighted by molar-refractivity contribution is 6.74. The van der Waals surface area contributed by atoms with Crippen molar-refractivity contribution < 1.29 is 18.4 Å². The van der Waals surface area contributed by atoms with Gasteiger partial charge in [0.25, 0.3) is 0 Å². The molecule has 0 aromatic heterocycles. The van der Waals surface area contributed by atoms with Crippen LogP contribution in [0.3, 0.4) is 0 Å². The molecule has 0 aromatic carbocycles. The number of carbonyl (C=O) groups is 1. The third kappa shape index (κ3) is 9.24. The van der Waals surface area contributed by atoms with E-state index in [4.69, 9.17) is 13.6 Å². The van der Waals surface area contributed by atoms with Gasteiger partial charge in [-0.15, -0.1) is 0 Å². The predicted octanol–water partition coefficient (Wildman–Crippen LogP) is 7.01. The predicted molar refractivity (Wildman–Crippen MR) is 129 cm³/mol. The second-order valence-electron chi connectivity index (χ2n) is 11.7. The molecule has 0 aliphatic rings. The lowest BCUT2D eigenvalue weighted by molar-refractivity contribution is -0.143. The van der Waals surface area contributed by atoms with Gasteiger partial charge < -0.3 is 13.6 Å². The summed E-state index contributed by atoms with van der Waals surface area (Å²) in [6.07, 6.45) is 1.31. The number of hydrogen-bond donors (Lipinski definition) is 0. The Bertz CT molecular complexity index is 504. The number of rotatable bonds is 11. The summed E-state index contributed by atoms with van der Waals surface area (Å²) < 4.78 is 18.6. The number of ether oxygens (including phenoxy) is 1. The van der Waals surface area contributed by atoms with Gasteiger partial charge in [-0.25, -0.2) is 0 Å². The van der Waals surface area contributed by atoms with Crippen molar-refractivity contribution in [3.05, 3.63) is 0 Å². The summed E-state index contributed by atoms with van der Waals surface area (Å²) in [5, 5.41) is 0.337. The quantitative estimate of drug-likeness (QED) is 0.253. The molecule has 0 bridgehead atoms. The molecule has 29 heavy (non-hydrogen) atoms. The number of carbonyl (C=O) groups excluding carboxylic acids is 1. The van der Waals surface area contributed by atoms with Crippen LogP contribution in [0.4, 0.5) is 0 Å². The van der Waals surface area contributed by atoms with E-state index in [1.807, 2.05) is 6.92 Å². The molecule has 174 valence electrons. The first-order valence-corrected chi connectivity index (χ1v) is 17.1. The fourth-order valence-corrected chi connectivity index (χ4v) is 5.32. The lowest BCUT2D eigenvalue weighted by atomic mass is 9.90. The van der Waals surface area contributed by atoms with Crippen LogP contribution in [0.25, 0.3) is 0 Å². The van der Waals surface area contributed by atoms with Gasteiger partial charge in [0.2, 0.25) is 0 Å². The van der Waals surface area contributed by atoms with Crippen LogP contribution in [-0.2, 0) is 18.4 Å². The molecule has 0 N–H and O–H groups in total. The summed E-state index contributed by atoms with van der Waals surface area (Å²) >= 11 is 0. The van der Waals surface area contributed by atoms with E-state index < -0.39 is 16.6 Å². The minimum Gasteiger partial charge on any atom is -0.466 e. The maximum absolute atomic E-state index is 11.9. The minimum absolute atomic E-state index is 0.0788. The zero-order valence-corrected chi connectivity index (χ0v) is 23.7. The van der Waals surface area contributed by atoms with Gasteiger partial charge in [-0.1, -0.05) is 55.4 Å². The maximum atomic E-state index is 11.9. The molecule has 0 saturated heterocycles. The Kier molecular flexibility index (Phi) is 10.9. The molecule has 0 spiro atoms. The third-order valence-electron chi connectivity index (χ3n) is 6.98. The second kappa shape index (κ2) is 10.9. The normalized spacial score (nSPS) is 17.0. The van der Waals surface area contributed by atoms with Gasteiger partial charge in [-0.05, 0) is 55.5 Å². The van der Waals surface area contributed by atoms with E-state index in [0.717, 1.165) is 6.42 Å². The molecule has 0 saturated carbocycles. The average molecular weight is 447 g/mol. The molecule has 6 heteroatoms. The van der Waals surface area contributed by atoms with E-state index in [1.165, 1.54) is 0 Å². The standard InChI is InChI=1S/C23H50O4Si2/c1-14-25-20(24)16-15-18(2)21(27-29(12,13)23(7,8)9)19(3)17-26-28(10,11)22(4,5)6/h18-19,21H,14-17H2,1-13H3/t18-,19-,21-/m0/s1. The Morgan fingerprint density at radius 3 is 1.76 bits per heavy atom. The van der Waals surface area contributed by atoms with Crippen molar-refractivity contribution in [3.8, 4) is 0 Å². The highest BCUT2D eigenvalue weighted by Crippen LogP contribution is 2.41. The van der Waals surface area contributed by atoms with Crippen LogP contribution < -0.4 is 0 Å². The molecule has 0 amide bonds. The van der Waals surface area contributed by atoms with E-state index in [-0.39, 0.29) is 34.0 Å². The molecular weight excluding hydrogens is 396 g/mol. The van der Waals surface area contributed by atoms with Crippen molar-refractivity contribution in [2.75, 3.05) is 13.2 Å². The summed E-state index contributed by atoms with van der Waals surface area (Å²) in [4.78, 5) is 11.9. The van der Waals surface area contributed by atoms with E-state index >= 15 is 0 Å². The zero-order chi connectivity index (χ0) is 23.3. The van der Waals surface area contributed by atoms with Crippen molar-refractivity contribution in [2.45, 2.75) is 118 Å². The zero-order valence-electron chi connectivity index (χ0n) is 21.7. The molecule has 0 aromatic rings. The molecule has 0 aliphatic carbocycles. The van der Waals surface area contributed by atoms with Crippen LogP contribution in [-0.4, -0.2) is 41.9 Å².